The fraction of sp³-hybridized carbons (Fsp3) is 0.222. The van der Waals surface area contributed by atoms with Crippen LogP contribution >= 0.6 is 11.6 Å². The summed E-state index contributed by atoms with van der Waals surface area (Å²) in [6.45, 7) is 1.65. The van der Waals surface area contributed by atoms with Gasteiger partial charge in [-0.25, -0.2) is 0 Å². The van der Waals surface area contributed by atoms with Crippen molar-refractivity contribution in [1.82, 2.24) is 0 Å². The van der Waals surface area contributed by atoms with E-state index in [2.05, 4.69) is 0 Å². The van der Waals surface area contributed by atoms with Crippen LogP contribution < -0.4 is 5.73 Å². The Balaban J connectivity index is 3.14. The summed E-state index contributed by atoms with van der Waals surface area (Å²) in [5.41, 5.74) is 5.47. The van der Waals surface area contributed by atoms with E-state index in [1.165, 1.54) is 0 Å². The summed E-state index contributed by atoms with van der Waals surface area (Å²) < 4.78 is 0. The largest absolute Gasteiger partial charge is 0.310 e. The molecule has 0 saturated heterocycles. The van der Waals surface area contributed by atoms with E-state index in [9.17, 15) is 0 Å². The van der Waals surface area contributed by atoms with Gasteiger partial charge >= 0.3 is 0 Å². The first kappa shape index (κ1) is 9.05. The Hall–Kier alpha value is -1.04. The van der Waals surface area contributed by atoms with E-state index >= 15 is 0 Å². The molecule has 0 aliphatic rings. The molecule has 0 bridgehead atoms. The van der Waals surface area contributed by atoms with Gasteiger partial charge in [0.1, 0.15) is 5.54 Å². The van der Waals surface area contributed by atoms with Crippen molar-refractivity contribution in [2.24, 2.45) is 5.73 Å². The Morgan fingerprint density at radius 2 is 2.25 bits per heavy atom. The third-order valence-corrected chi connectivity index (χ3v) is 1.89. The van der Waals surface area contributed by atoms with Crippen LogP contribution in [0.25, 0.3) is 0 Å². The van der Waals surface area contributed by atoms with Crippen LogP contribution in [0.15, 0.2) is 24.3 Å². The molecule has 2 N–H and O–H groups in total. The van der Waals surface area contributed by atoms with Gasteiger partial charge in [-0.2, -0.15) is 5.26 Å². The van der Waals surface area contributed by atoms with Crippen molar-refractivity contribution >= 4 is 11.6 Å². The summed E-state index contributed by atoms with van der Waals surface area (Å²) in [5, 5.41) is 9.32. The van der Waals surface area contributed by atoms with Crippen LogP contribution in [0.1, 0.15) is 12.5 Å². The van der Waals surface area contributed by atoms with Crippen molar-refractivity contribution in [2.75, 3.05) is 0 Å². The molecule has 12 heavy (non-hydrogen) atoms. The molecule has 0 saturated carbocycles. The number of halogens is 1. The molecule has 1 aromatic rings. The smallest absolute Gasteiger partial charge is 0.127 e. The van der Waals surface area contributed by atoms with E-state index in [4.69, 9.17) is 22.6 Å². The minimum atomic E-state index is -0.953. The second-order valence-electron chi connectivity index (χ2n) is 2.82. The standard InChI is InChI=1S/C9H9ClN2/c1-9(12,6-11)7-3-2-4-8(10)5-7/h2-5H,12H2,1H3. The number of hydrogen-bond donors (Lipinski definition) is 1. The first-order valence-electron chi connectivity index (χ1n) is 3.52. The summed E-state index contributed by atoms with van der Waals surface area (Å²) in [7, 11) is 0. The second-order valence-corrected chi connectivity index (χ2v) is 3.26. The van der Waals surface area contributed by atoms with Gasteiger partial charge in [-0.15, -0.1) is 0 Å². The highest BCUT2D eigenvalue weighted by Crippen LogP contribution is 2.19. The summed E-state index contributed by atoms with van der Waals surface area (Å²) in [6, 6.07) is 9.02. The van der Waals surface area contributed by atoms with E-state index in [0.29, 0.717) is 5.02 Å². The normalized spacial score (nSPS) is 14.8. The second kappa shape index (κ2) is 3.14. The highest BCUT2D eigenvalue weighted by Gasteiger charge is 2.19. The van der Waals surface area contributed by atoms with Crippen LogP contribution in [0.4, 0.5) is 0 Å². The molecule has 1 atom stereocenters. The predicted molar refractivity (Wildman–Crippen MR) is 48.6 cm³/mol. The van der Waals surface area contributed by atoms with E-state index < -0.39 is 5.54 Å². The zero-order valence-electron chi connectivity index (χ0n) is 6.71. The van der Waals surface area contributed by atoms with Gasteiger partial charge in [-0.1, -0.05) is 23.7 Å². The summed E-state index contributed by atoms with van der Waals surface area (Å²) in [4.78, 5) is 0. The van der Waals surface area contributed by atoms with Crippen molar-refractivity contribution in [3.8, 4) is 6.07 Å². The Labute approximate surface area is 76.6 Å². The molecule has 0 heterocycles. The average molecular weight is 181 g/mol. The molecule has 62 valence electrons. The quantitative estimate of drug-likeness (QED) is 0.719. The van der Waals surface area contributed by atoms with Crippen LogP contribution in [0.3, 0.4) is 0 Å². The van der Waals surface area contributed by atoms with Gasteiger partial charge in [0.15, 0.2) is 0 Å². The molecule has 1 aromatic carbocycles. The van der Waals surface area contributed by atoms with Crippen LogP contribution in [-0.2, 0) is 5.54 Å². The Morgan fingerprint density at radius 1 is 1.58 bits per heavy atom. The first-order valence-corrected chi connectivity index (χ1v) is 3.90. The Morgan fingerprint density at radius 3 is 2.75 bits per heavy atom. The first-order chi connectivity index (χ1) is 5.56. The maximum absolute atomic E-state index is 8.72. The Kier molecular flexibility index (Phi) is 2.37. The lowest BCUT2D eigenvalue weighted by molar-refractivity contribution is 0.646. The highest BCUT2D eigenvalue weighted by atomic mass is 35.5. The predicted octanol–water partition coefficient (Wildman–Crippen LogP) is 2.04. The Bertz CT molecular complexity index is 326. The summed E-state index contributed by atoms with van der Waals surface area (Å²) in [6.07, 6.45) is 0. The minimum Gasteiger partial charge on any atom is -0.310 e. The van der Waals surface area contributed by atoms with Gasteiger partial charge in [0.25, 0.3) is 0 Å². The van der Waals surface area contributed by atoms with Gasteiger partial charge in [-0.3, -0.25) is 0 Å². The molecule has 2 nitrogen and oxygen atoms in total. The number of benzene rings is 1. The third-order valence-electron chi connectivity index (χ3n) is 1.66. The van der Waals surface area contributed by atoms with E-state index in [-0.39, 0.29) is 0 Å². The zero-order chi connectivity index (χ0) is 9.19. The molecule has 0 radical (unpaired) electrons. The van der Waals surface area contributed by atoms with Crippen LogP contribution in [0.5, 0.6) is 0 Å². The third kappa shape index (κ3) is 1.76. The molecular weight excluding hydrogens is 172 g/mol. The number of nitrogens with two attached hydrogens (primary N) is 1. The molecule has 0 spiro atoms. The number of nitriles is 1. The van der Waals surface area contributed by atoms with Crippen molar-refractivity contribution in [2.45, 2.75) is 12.5 Å². The average Bonchev–Trinajstić information content (AvgIpc) is 2.05. The van der Waals surface area contributed by atoms with E-state index in [1.54, 1.807) is 31.2 Å². The molecule has 0 aliphatic carbocycles. The molecule has 1 rings (SSSR count). The van der Waals surface area contributed by atoms with Crippen molar-refractivity contribution < 1.29 is 0 Å². The highest BCUT2D eigenvalue weighted by molar-refractivity contribution is 6.30. The van der Waals surface area contributed by atoms with Gasteiger partial charge in [0, 0.05) is 5.02 Å². The lowest BCUT2D eigenvalue weighted by Crippen LogP contribution is -2.30. The fourth-order valence-corrected chi connectivity index (χ4v) is 1.07. The SMILES string of the molecule is CC(N)(C#N)c1cccc(Cl)c1. The molecule has 0 amide bonds. The van der Waals surface area contributed by atoms with Crippen molar-refractivity contribution in [3.05, 3.63) is 34.9 Å². The molecule has 1 unspecified atom stereocenters. The lowest BCUT2D eigenvalue weighted by Gasteiger charge is -2.15. The number of rotatable bonds is 1. The van der Waals surface area contributed by atoms with Gasteiger partial charge in [0.2, 0.25) is 0 Å². The monoisotopic (exact) mass is 180 g/mol. The van der Waals surface area contributed by atoms with E-state index in [0.717, 1.165) is 5.56 Å². The van der Waals surface area contributed by atoms with Crippen LogP contribution in [0.2, 0.25) is 5.02 Å². The maximum atomic E-state index is 8.72. The topological polar surface area (TPSA) is 49.8 Å². The molecular formula is C9H9ClN2. The van der Waals surface area contributed by atoms with Crippen molar-refractivity contribution in [3.63, 3.8) is 0 Å². The zero-order valence-corrected chi connectivity index (χ0v) is 7.47. The summed E-state index contributed by atoms with van der Waals surface area (Å²) in [5.74, 6) is 0. The number of hydrogen-bond acceptors (Lipinski definition) is 2. The summed E-state index contributed by atoms with van der Waals surface area (Å²) >= 11 is 5.74. The molecule has 3 heteroatoms. The molecule has 0 fully saturated rings. The maximum Gasteiger partial charge on any atom is 0.127 e. The van der Waals surface area contributed by atoms with Gasteiger partial charge in [0.05, 0.1) is 6.07 Å². The minimum absolute atomic E-state index is 0.597. The molecule has 0 aromatic heterocycles. The van der Waals surface area contributed by atoms with Crippen molar-refractivity contribution in [1.29, 1.82) is 5.26 Å². The fourth-order valence-electron chi connectivity index (χ4n) is 0.876. The van der Waals surface area contributed by atoms with E-state index in [1.807, 2.05) is 6.07 Å². The lowest BCUT2D eigenvalue weighted by atomic mass is 9.95. The van der Waals surface area contributed by atoms with Crippen LogP contribution in [0, 0.1) is 11.3 Å². The van der Waals surface area contributed by atoms with Gasteiger partial charge < -0.3 is 5.73 Å². The molecule has 0 aliphatic heterocycles. The number of nitrogens with zero attached hydrogens (tertiary/aromatic N) is 1. The van der Waals surface area contributed by atoms with Crippen LogP contribution in [-0.4, -0.2) is 0 Å². The van der Waals surface area contributed by atoms with Gasteiger partial charge in [-0.05, 0) is 24.6 Å².